The van der Waals surface area contributed by atoms with Gasteiger partial charge in [-0.3, -0.25) is 0 Å². The topological polar surface area (TPSA) is 39.2 Å². The molecule has 0 saturated heterocycles. The Balaban J connectivity index is 3.37. The molecule has 0 unspecified atom stereocenters. The maximum absolute atomic E-state index is 11.4. The normalized spacial score (nSPS) is 10.0. The second-order valence-corrected chi connectivity index (χ2v) is 4.09. The Labute approximate surface area is 103 Å². The molecule has 1 aromatic rings. The predicted octanol–water partition coefficient (Wildman–Crippen LogP) is 3.18. The molecule has 1 aromatic heterocycles. The number of carbonyl (C=O) groups is 1. The Hall–Kier alpha value is -0.130. The summed E-state index contributed by atoms with van der Waals surface area (Å²) in [5.74, 6) is -0.465. The van der Waals surface area contributed by atoms with Crippen molar-refractivity contribution in [3.05, 3.63) is 26.9 Å². The van der Waals surface area contributed by atoms with Gasteiger partial charge in [0.25, 0.3) is 0 Å². The molecular formula is C8H6Br2ClNO2. The van der Waals surface area contributed by atoms with Crippen LogP contribution in [0.5, 0.6) is 0 Å². The van der Waals surface area contributed by atoms with Crippen LogP contribution >= 0.6 is 43.5 Å². The van der Waals surface area contributed by atoms with Gasteiger partial charge in [0.05, 0.1) is 17.7 Å². The van der Waals surface area contributed by atoms with E-state index in [0.717, 1.165) is 0 Å². The Morgan fingerprint density at radius 1 is 1.71 bits per heavy atom. The maximum Gasteiger partial charge on any atom is 0.339 e. The van der Waals surface area contributed by atoms with Crippen molar-refractivity contribution in [1.29, 1.82) is 0 Å². The van der Waals surface area contributed by atoms with Gasteiger partial charge in [0.15, 0.2) is 0 Å². The van der Waals surface area contributed by atoms with Crippen LogP contribution in [0.4, 0.5) is 0 Å². The van der Waals surface area contributed by atoms with Gasteiger partial charge in [0.1, 0.15) is 4.60 Å². The van der Waals surface area contributed by atoms with Gasteiger partial charge in [-0.25, -0.2) is 9.78 Å². The summed E-state index contributed by atoms with van der Waals surface area (Å²) in [6, 6.07) is 0. The van der Waals surface area contributed by atoms with Crippen molar-refractivity contribution in [1.82, 2.24) is 4.98 Å². The van der Waals surface area contributed by atoms with E-state index in [1.54, 1.807) is 0 Å². The fourth-order valence-corrected chi connectivity index (χ4v) is 2.55. The zero-order valence-electron chi connectivity index (χ0n) is 7.18. The molecule has 1 rings (SSSR count). The molecule has 0 saturated carbocycles. The van der Waals surface area contributed by atoms with E-state index in [-0.39, 0.29) is 5.02 Å². The summed E-state index contributed by atoms with van der Waals surface area (Å²) in [6.45, 7) is 0. The quantitative estimate of drug-likeness (QED) is 0.470. The van der Waals surface area contributed by atoms with E-state index >= 15 is 0 Å². The number of carbonyl (C=O) groups excluding carboxylic acids is 1. The molecule has 0 aliphatic heterocycles. The highest BCUT2D eigenvalue weighted by atomic mass is 79.9. The first-order valence-corrected chi connectivity index (χ1v) is 5.88. The van der Waals surface area contributed by atoms with Crippen molar-refractivity contribution >= 4 is 49.4 Å². The minimum atomic E-state index is -0.465. The molecule has 0 bridgehead atoms. The zero-order chi connectivity index (χ0) is 10.7. The van der Waals surface area contributed by atoms with Crippen LogP contribution < -0.4 is 0 Å². The van der Waals surface area contributed by atoms with Crippen molar-refractivity contribution < 1.29 is 9.53 Å². The average molecular weight is 343 g/mol. The lowest BCUT2D eigenvalue weighted by molar-refractivity contribution is 0.0600. The molecule has 3 nitrogen and oxygen atoms in total. The molecule has 0 amide bonds. The summed E-state index contributed by atoms with van der Waals surface area (Å²) in [5, 5.41) is 0.764. The minimum Gasteiger partial charge on any atom is -0.465 e. The summed E-state index contributed by atoms with van der Waals surface area (Å²) < 4.78 is 5.20. The number of aromatic nitrogens is 1. The summed E-state index contributed by atoms with van der Waals surface area (Å²) in [7, 11) is 1.31. The van der Waals surface area contributed by atoms with Crippen LogP contribution in [0.3, 0.4) is 0 Å². The van der Waals surface area contributed by atoms with E-state index in [0.29, 0.717) is 21.1 Å². The number of ether oxygens (including phenoxy) is 1. The van der Waals surface area contributed by atoms with E-state index < -0.39 is 5.97 Å². The highest BCUT2D eigenvalue weighted by Gasteiger charge is 2.18. The lowest BCUT2D eigenvalue weighted by Crippen LogP contribution is -2.07. The molecule has 0 aromatic carbocycles. The Bertz CT molecular complexity index is 371. The van der Waals surface area contributed by atoms with Crippen molar-refractivity contribution in [3.8, 4) is 0 Å². The van der Waals surface area contributed by atoms with Crippen molar-refractivity contribution in [2.75, 3.05) is 7.11 Å². The number of nitrogens with zero attached hydrogens (tertiary/aromatic N) is 1. The molecular weight excluding hydrogens is 337 g/mol. The molecule has 1 heterocycles. The Morgan fingerprint density at radius 3 is 2.86 bits per heavy atom. The first kappa shape index (κ1) is 11.9. The largest absolute Gasteiger partial charge is 0.465 e. The van der Waals surface area contributed by atoms with Crippen molar-refractivity contribution in [2.45, 2.75) is 5.33 Å². The van der Waals surface area contributed by atoms with Gasteiger partial charge < -0.3 is 4.74 Å². The lowest BCUT2D eigenvalue weighted by atomic mass is 10.1. The average Bonchev–Trinajstić information content (AvgIpc) is 2.19. The monoisotopic (exact) mass is 341 g/mol. The number of pyridine rings is 1. The smallest absolute Gasteiger partial charge is 0.339 e. The van der Waals surface area contributed by atoms with Gasteiger partial charge in [0, 0.05) is 17.1 Å². The fraction of sp³-hybridized carbons (Fsp3) is 0.250. The van der Waals surface area contributed by atoms with Crippen molar-refractivity contribution in [2.24, 2.45) is 0 Å². The van der Waals surface area contributed by atoms with E-state index in [4.69, 9.17) is 11.6 Å². The third-order valence-corrected chi connectivity index (χ3v) is 3.13. The summed E-state index contributed by atoms with van der Waals surface area (Å²) in [6.07, 6.45) is 1.41. The lowest BCUT2D eigenvalue weighted by Gasteiger charge is -2.08. The molecule has 0 spiro atoms. The van der Waals surface area contributed by atoms with Gasteiger partial charge in [-0.15, -0.1) is 0 Å². The third kappa shape index (κ3) is 2.27. The molecule has 0 N–H and O–H groups in total. The second kappa shape index (κ2) is 5.09. The van der Waals surface area contributed by atoms with Crippen LogP contribution in [-0.2, 0) is 10.1 Å². The molecule has 0 radical (unpaired) electrons. The molecule has 14 heavy (non-hydrogen) atoms. The molecule has 0 fully saturated rings. The van der Waals surface area contributed by atoms with Crippen LogP contribution in [0.1, 0.15) is 15.9 Å². The number of methoxy groups -OCH3 is 1. The predicted molar refractivity (Wildman–Crippen MR) is 60.9 cm³/mol. The Morgan fingerprint density at radius 2 is 2.36 bits per heavy atom. The molecule has 76 valence electrons. The van der Waals surface area contributed by atoms with E-state index in [2.05, 4.69) is 41.6 Å². The Kier molecular flexibility index (Phi) is 4.34. The van der Waals surface area contributed by atoms with E-state index in [1.807, 2.05) is 0 Å². The van der Waals surface area contributed by atoms with E-state index in [9.17, 15) is 4.79 Å². The number of hydrogen-bond donors (Lipinski definition) is 0. The number of esters is 1. The summed E-state index contributed by atoms with van der Waals surface area (Å²) in [4.78, 5) is 15.4. The van der Waals surface area contributed by atoms with Crippen LogP contribution in [0, 0.1) is 0 Å². The first-order chi connectivity index (χ1) is 6.61. The first-order valence-electron chi connectivity index (χ1n) is 3.59. The third-order valence-electron chi connectivity index (χ3n) is 1.60. The number of hydrogen-bond acceptors (Lipinski definition) is 3. The van der Waals surface area contributed by atoms with Gasteiger partial charge in [-0.05, 0) is 15.9 Å². The van der Waals surface area contributed by atoms with Gasteiger partial charge >= 0.3 is 5.97 Å². The summed E-state index contributed by atoms with van der Waals surface area (Å²) >= 11 is 12.3. The standard InChI is InChI=1S/C8H6Br2ClNO2/c1-14-8(13)6-4(2-9)7(10)12-3-5(6)11/h3H,2H2,1H3. The fourth-order valence-electron chi connectivity index (χ4n) is 0.948. The van der Waals surface area contributed by atoms with Gasteiger partial charge in [0.2, 0.25) is 0 Å². The highest BCUT2D eigenvalue weighted by molar-refractivity contribution is 9.10. The van der Waals surface area contributed by atoms with Crippen molar-refractivity contribution in [3.63, 3.8) is 0 Å². The van der Waals surface area contributed by atoms with E-state index in [1.165, 1.54) is 13.3 Å². The van der Waals surface area contributed by atoms with Crippen LogP contribution in [-0.4, -0.2) is 18.1 Å². The van der Waals surface area contributed by atoms with Crippen LogP contribution in [0.25, 0.3) is 0 Å². The minimum absolute atomic E-state index is 0.287. The molecule has 0 atom stereocenters. The molecule has 6 heteroatoms. The number of alkyl halides is 1. The maximum atomic E-state index is 11.4. The van der Waals surface area contributed by atoms with Gasteiger partial charge in [-0.2, -0.15) is 0 Å². The highest BCUT2D eigenvalue weighted by Crippen LogP contribution is 2.27. The molecule has 0 aliphatic rings. The second-order valence-electron chi connectivity index (χ2n) is 2.38. The summed E-state index contributed by atoms with van der Waals surface area (Å²) in [5.41, 5.74) is 1.03. The van der Waals surface area contributed by atoms with Crippen LogP contribution in [0.15, 0.2) is 10.8 Å². The molecule has 0 aliphatic carbocycles. The van der Waals surface area contributed by atoms with Crippen LogP contribution in [0.2, 0.25) is 5.02 Å². The number of halogens is 3. The number of rotatable bonds is 2. The van der Waals surface area contributed by atoms with Gasteiger partial charge in [-0.1, -0.05) is 27.5 Å². The SMILES string of the molecule is COC(=O)c1c(Cl)cnc(Br)c1CBr. The zero-order valence-corrected chi connectivity index (χ0v) is 11.1.